The van der Waals surface area contributed by atoms with Crippen LogP contribution in [0.5, 0.6) is 11.5 Å². The Balaban J connectivity index is 2.12. The Bertz CT molecular complexity index is 621. The van der Waals surface area contributed by atoms with E-state index in [1.807, 2.05) is 12.1 Å². The van der Waals surface area contributed by atoms with E-state index in [0.717, 1.165) is 5.56 Å². The number of fused-ring (bicyclic) bond motifs is 4. The van der Waals surface area contributed by atoms with Crippen molar-refractivity contribution in [1.29, 1.82) is 0 Å². The fraction of sp³-hybridized carbons (Fsp3) is 0.429. The Morgan fingerprint density at radius 1 is 1.43 bits per heavy atom. The molecular formula is C14H16N2O4S. The third-order valence-electron chi connectivity index (χ3n) is 3.91. The number of benzene rings is 1. The fourth-order valence-electron chi connectivity index (χ4n) is 2.93. The van der Waals surface area contributed by atoms with E-state index in [-0.39, 0.29) is 12.0 Å². The Kier molecular flexibility index (Phi) is 3.16. The van der Waals surface area contributed by atoms with Crippen molar-refractivity contribution < 1.29 is 19.0 Å². The smallest absolute Gasteiger partial charge is 0.317 e. The lowest BCUT2D eigenvalue weighted by Gasteiger charge is -2.49. The van der Waals surface area contributed by atoms with Gasteiger partial charge < -0.3 is 24.8 Å². The first kappa shape index (κ1) is 13.9. The minimum Gasteiger partial charge on any atom is -0.497 e. The van der Waals surface area contributed by atoms with Gasteiger partial charge in [-0.25, -0.2) is 0 Å². The van der Waals surface area contributed by atoms with Gasteiger partial charge in [0.2, 0.25) is 0 Å². The van der Waals surface area contributed by atoms with Gasteiger partial charge in [-0.05, 0) is 31.3 Å². The number of esters is 1. The summed E-state index contributed by atoms with van der Waals surface area (Å²) in [5.74, 6) is 0.445. The van der Waals surface area contributed by atoms with Gasteiger partial charge in [0.1, 0.15) is 17.4 Å². The van der Waals surface area contributed by atoms with Crippen LogP contribution in [0.2, 0.25) is 0 Å². The number of rotatable bonds is 2. The zero-order valence-electron chi connectivity index (χ0n) is 11.9. The van der Waals surface area contributed by atoms with Gasteiger partial charge in [-0.1, -0.05) is 0 Å². The van der Waals surface area contributed by atoms with E-state index in [4.69, 9.17) is 26.4 Å². The predicted molar refractivity (Wildman–Crippen MR) is 79.1 cm³/mol. The van der Waals surface area contributed by atoms with Gasteiger partial charge in [-0.2, -0.15) is 0 Å². The molecule has 3 rings (SSSR count). The zero-order chi connectivity index (χ0) is 15.2. The summed E-state index contributed by atoms with van der Waals surface area (Å²) in [4.78, 5) is 12.2. The minimum absolute atomic E-state index is 0.300. The summed E-state index contributed by atoms with van der Waals surface area (Å²) in [7, 11) is 2.96. The molecule has 0 radical (unpaired) electrons. The topological polar surface area (TPSA) is 68.8 Å². The van der Waals surface area contributed by atoms with E-state index in [2.05, 4.69) is 10.6 Å². The predicted octanol–water partition coefficient (Wildman–Crippen LogP) is 1.11. The molecule has 112 valence electrons. The molecule has 7 heteroatoms. The van der Waals surface area contributed by atoms with Crippen molar-refractivity contribution in [2.75, 3.05) is 14.2 Å². The summed E-state index contributed by atoms with van der Waals surface area (Å²) in [5.41, 5.74) is -0.105. The second-order valence-electron chi connectivity index (χ2n) is 5.19. The lowest BCUT2D eigenvalue weighted by molar-refractivity contribution is -0.159. The first-order valence-electron chi connectivity index (χ1n) is 6.52. The van der Waals surface area contributed by atoms with E-state index < -0.39 is 11.6 Å². The van der Waals surface area contributed by atoms with E-state index in [1.54, 1.807) is 20.1 Å². The molecule has 2 bridgehead atoms. The van der Waals surface area contributed by atoms with Crippen LogP contribution in [0, 0.1) is 5.92 Å². The summed E-state index contributed by atoms with van der Waals surface area (Å²) < 4.78 is 16.2. The summed E-state index contributed by atoms with van der Waals surface area (Å²) >= 11 is 5.21. The maximum absolute atomic E-state index is 12.2. The van der Waals surface area contributed by atoms with Crippen molar-refractivity contribution >= 4 is 23.3 Å². The average Bonchev–Trinajstić information content (AvgIpc) is 2.44. The van der Waals surface area contributed by atoms with Gasteiger partial charge in [0, 0.05) is 11.6 Å². The summed E-state index contributed by atoms with van der Waals surface area (Å²) in [6.07, 6.45) is 0. The van der Waals surface area contributed by atoms with E-state index in [1.165, 1.54) is 7.11 Å². The minimum atomic E-state index is -0.959. The third kappa shape index (κ3) is 2.08. The lowest BCUT2D eigenvalue weighted by atomic mass is 9.80. The third-order valence-corrected chi connectivity index (χ3v) is 4.13. The van der Waals surface area contributed by atoms with Gasteiger partial charge in [0.15, 0.2) is 10.8 Å². The van der Waals surface area contributed by atoms with Crippen LogP contribution in [0.1, 0.15) is 18.5 Å². The first-order valence-corrected chi connectivity index (χ1v) is 6.93. The van der Waals surface area contributed by atoms with Crippen LogP contribution in [0.3, 0.4) is 0 Å². The van der Waals surface area contributed by atoms with E-state index >= 15 is 0 Å². The molecule has 1 fully saturated rings. The van der Waals surface area contributed by atoms with Gasteiger partial charge in [0.05, 0.1) is 20.3 Å². The van der Waals surface area contributed by atoms with Crippen LogP contribution in [-0.2, 0) is 9.53 Å². The fourth-order valence-corrected chi connectivity index (χ4v) is 3.26. The van der Waals surface area contributed by atoms with Crippen LogP contribution in [0.25, 0.3) is 0 Å². The number of nitrogens with one attached hydrogen (secondary N) is 2. The molecule has 1 aromatic carbocycles. The molecular weight excluding hydrogens is 292 g/mol. The number of ether oxygens (including phenoxy) is 3. The van der Waals surface area contributed by atoms with Crippen LogP contribution >= 0.6 is 12.2 Å². The highest BCUT2D eigenvalue weighted by Gasteiger charge is 2.55. The Labute approximate surface area is 127 Å². The standard InChI is InChI=1S/C14H16N2O4S/c1-14-10(12(17)19-3)11(15-13(21)16-14)8-5-4-7(18-2)6-9(8)20-14/h4-6,10-11H,1-3H3,(H2,15,16,21). The molecule has 0 amide bonds. The molecule has 3 atom stereocenters. The highest BCUT2D eigenvalue weighted by Crippen LogP contribution is 2.46. The molecule has 2 heterocycles. The van der Waals surface area contributed by atoms with Crippen molar-refractivity contribution in [2.45, 2.75) is 18.7 Å². The Hall–Kier alpha value is -2.02. The Morgan fingerprint density at radius 2 is 2.19 bits per heavy atom. The molecule has 0 aromatic heterocycles. The van der Waals surface area contributed by atoms with E-state index in [9.17, 15) is 4.79 Å². The van der Waals surface area contributed by atoms with Crippen molar-refractivity contribution in [3.8, 4) is 11.5 Å². The highest BCUT2D eigenvalue weighted by atomic mass is 32.1. The zero-order valence-corrected chi connectivity index (χ0v) is 12.7. The average molecular weight is 308 g/mol. The van der Waals surface area contributed by atoms with Gasteiger partial charge in [0.25, 0.3) is 0 Å². The highest BCUT2D eigenvalue weighted by molar-refractivity contribution is 7.80. The molecule has 2 aliphatic rings. The van der Waals surface area contributed by atoms with Crippen LogP contribution in [-0.4, -0.2) is 31.0 Å². The number of hydrogen-bond acceptors (Lipinski definition) is 5. The van der Waals surface area contributed by atoms with Crippen molar-refractivity contribution in [3.63, 3.8) is 0 Å². The van der Waals surface area contributed by atoms with Crippen LogP contribution in [0.15, 0.2) is 18.2 Å². The molecule has 0 aliphatic carbocycles. The number of carbonyl (C=O) groups is 1. The molecule has 1 saturated heterocycles. The second kappa shape index (κ2) is 4.77. The van der Waals surface area contributed by atoms with Crippen LogP contribution in [0.4, 0.5) is 0 Å². The van der Waals surface area contributed by atoms with E-state index in [0.29, 0.717) is 16.6 Å². The van der Waals surface area contributed by atoms with Crippen LogP contribution < -0.4 is 20.1 Å². The van der Waals surface area contributed by atoms with Crippen molar-refractivity contribution in [3.05, 3.63) is 23.8 Å². The quantitative estimate of drug-likeness (QED) is 0.626. The van der Waals surface area contributed by atoms with Gasteiger partial charge >= 0.3 is 5.97 Å². The molecule has 2 aliphatic heterocycles. The molecule has 1 aromatic rings. The monoisotopic (exact) mass is 308 g/mol. The maximum Gasteiger partial charge on any atom is 0.317 e. The first-order chi connectivity index (χ1) is 9.98. The number of methoxy groups -OCH3 is 2. The molecule has 0 spiro atoms. The number of carbonyl (C=O) groups excluding carboxylic acids is 1. The normalized spacial score (nSPS) is 29.4. The SMILES string of the molecule is COC(=O)C1C2NC(=S)NC1(C)Oc1cc(OC)ccc12. The molecule has 21 heavy (non-hydrogen) atoms. The molecule has 2 N–H and O–H groups in total. The number of thiocarbonyl (C=S) groups is 1. The molecule has 6 nitrogen and oxygen atoms in total. The lowest BCUT2D eigenvalue weighted by Crippen LogP contribution is -2.69. The largest absolute Gasteiger partial charge is 0.497 e. The number of hydrogen-bond donors (Lipinski definition) is 2. The maximum atomic E-state index is 12.2. The summed E-state index contributed by atoms with van der Waals surface area (Å²) in [6.45, 7) is 1.79. The molecule has 3 unspecified atom stereocenters. The second-order valence-corrected chi connectivity index (χ2v) is 5.60. The van der Waals surface area contributed by atoms with Gasteiger partial charge in [-0.15, -0.1) is 0 Å². The van der Waals surface area contributed by atoms with Crippen molar-refractivity contribution in [1.82, 2.24) is 10.6 Å². The van der Waals surface area contributed by atoms with Crippen molar-refractivity contribution in [2.24, 2.45) is 5.92 Å². The summed E-state index contributed by atoms with van der Waals surface area (Å²) in [5, 5.41) is 6.60. The summed E-state index contributed by atoms with van der Waals surface area (Å²) in [6, 6.07) is 5.19. The Morgan fingerprint density at radius 3 is 2.86 bits per heavy atom. The molecule has 0 saturated carbocycles. The van der Waals surface area contributed by atoms with Gasteiger partial charge in [-0.3, -0.25) is 4.79 Å².